The minimum atomic E-state index is 0.166. The lowest BCUT2D eigenvalue weighted by Crippen LogP contribution is -2.28. The van der Waals surface area contributed by atoms with Gasteiger partial charge in [0.1, 0.15) is 0 Å². The molecule has 0 spiro atoms. The molecule has 1 aliphatic rings. The van der Waals surface area contributed by atoms with Gasteiger partial charge in [0.05, 0.1) is 11.7 Å². The minimum absolute atomic E-state index is 0.166. The average Bonchev–Trinajstić information content (AvgIpc) is 2.37. The second-order valence-corrected chi connectivity index (χ2v) is 7.84. The smallest absolute Gasteiger partial charge is 0.0634 e. The third kappa shape index (κ3) is 2.22. The van der Waals surface area contributed by atoms with Crippen molar-refractivity contribution in [1.29, 1.82) is 0 Å². The van der Waals surface area contributed by atoms with E-state index in [1.165, 1.54) is 36.2 Å². The van der Waals surface area contributed by atoms with E-state index < -0.39 is 0 Å². The van der Waals surface area contributed by atoms with Crippen LogP contribution in [0.1, 0.15) is 83.8 Å². The van der Waals surface area contributed by atoms with Gasteiger partial charge in [0.2, 0.25) is 0 Å². The van der Waals surface area contributed by atoms with Gasteiger partial charge in [0.25, 0.3) is 0 Å². The molecule has 0 bridgehead atoms. The number of hydrogen-bond acceptors (Lipinski definition) is 1. The van der Waals surface area contributed by atoms with E-state index in [-0.39, 0.29) is 10.8 Å². The fraction of sp³-hybridized carbons (Fsp3) is 0.812. The van der Waals surface area contributed by atoms with Crippen molar-refractivity contribution in [2.75, 3.05) is 0 Å². The van der Waals surface area contributed by atoms with E-state index in [0.717, 1.165) is 0 Å². The van der Waals surface area contributed by atoms with E-state index in [4.69, 9.17) is 5.10 Å². The molecule has 1 aromatic heterocycles. The van der Waals surface area contributed by atoms with Crippen molar-refractivity contribution in [3.63, 3.8) is 0 Å². The highest BCUT2D eigenvalue weighted by atomic mass is 15.3. The Morgan fingerprint density at radius 1 is 1.00 bits per heavy atom. The molecule has 0 N–H and O–H groups in total. The summed E-state index contributed by atoms with van der Waals surface area (Å²) in [6.07, 6.45) is 3.96. The molecule has 1 heterocycles. The maximum atomic E-state index is 4.88. The van der Waals surface area contributed by atoms with Gasteiger partial charge in [-0.1, -0.05) is 41.5 Å². The van der Waals surface area contributed by atoms with Crippen molar-refractivity contribution < 1.29 is 0 Å². The zero-order valence-electron chi connectivity index (χ0n) is 13.1. The topological polar surface area (TPSA) is 17.8 Å². The third-order valence-electron chi connectivity index (χ3n) is 3.97. The first kappa shape index (κ1) is 13.6. The molecule has 18 heavy (non-hydrogen) atoms. The SMILES string of the molecule is Cc1nn(C2CCC2)c(C(C)(C)C)c1C(C)(C)C. The van der Waals surface area contributed by atoms with Crippen LogP contribution < -0.4 is 0 Å². The molecule has 0 radical (unpaired) electrons. The summed E-state index contributed by atoms with van der Waals surface area (Å²) < 4.78 is 2.35. The monoisotopic (exact) mass is 248 g/mol. The van der Waals surface area contributed by atoms with Crippen LogP contribution in [0.3, 0.4) is 0 Å². The van der Waals surface area contributed by atoms with Crippen LogP contribution in [0.2, 0.25) is 0 Å². The molecule has 0 aliphatic heterocycles. The maximum Gasteiger partial charge on any atom is 0.0634 e. The van der Waals surface area contributed by atoms with Gasteiger partial charge in [-0.05, 0) is 31.6 Å². The molecule has 0 saturated heterocycles. The summed E-state index contributed by atoms with van der Waals surface area (Å²) in [5.41, 5.74) is 4.48. The fourth-order valence-electron chi connectivity index (χ4n) is 3.06. The Morgan fingerprint density at radius 3 is 1.89 bits per heavy atom. The van der Waals surface area contributed by atoms with Gasteiger partial charge < -0.3 is 0 Å². The molecule has 1 aliphatic carbocycles. The Kier molecular flexibility index (Phi) is 3.11. The van der Waals surface area contributed by atoms with Gasteiger partial charge in [-0.2, -0.15) is 5.10 Å². The molecule has 0 atom stereocenters. The number of aromatic nitrogens is 2. The van der Waals surface area contributed by atoms with E-state index in [2.05, 4.69) is 53.1 Å². The summed E-state index contributed by atoms with van der Waals surface area (Å²) in [7, 11) is 0. The zero-order chi connectivity index (χ0) is 13.7. The van der Waals surface area contributed by atoms with E-state index >= 15 is 0 Å². The van der Waals surface area contributed by atoms with Crippen LogP contribution >= 0.6 is 0 Å². The molecule has 102 valence electrons. The normalized spacial score (nSPS) is 17.9. The van der Waals surface area contributed by atoms with Crippen molar-refractivity contribution >= 4 is 0 Å². The number of rotatable bonds is 1. The molecular formula is C16H28N2. The lowest BCUT2D eigenvalue weighted by molar-refractivity contribution is 0.269. The van der Waals surface area contributed by atoms with Crippen LogP contribution in [0, 0.1) is 6.92 Å². The van der Waals surface area contributed by atoms with Gasteiger partial charge in [-0.25, -0.2) is 0 Å². The Bertz CT molecular complexity index is 437. The van der Waals surface area contributed by atoms with Crippen LogP contribution in [-0.2, 0) is 10.8 Å². The Labute approximate surface area is 112 Å². The van der Waals surface area contributed by atoms with Crippen molar-refractivity contribution in [3.8, 4) is 0 Å². The molecule has 0 amide bonds. The number of hydrogen-bond donors (Lipinski definition) is 0. The quantitative estimate of drug-likeness (QED) is 0.715. The van der Waals surface area contributed by atoms with Gasteiger partial charge in [0, 0.05) is 16.7 Å². The first-order chi connectivity index (χ1) is 8.12. The zero-order valence-corrected chi connectivity index (χ0v) is 13.1. The molecule has 1 saturated carbocycles. The van der Waals surface area contributed by atoms with Gasteiger partial charge in [-0.15, -0.1) is 0 Å². The van der Waals surface area contributed by atoms with E-state index in [1.807, 2.05) is 0 Å². The summed E-state index contributed by atoms with van der Waals surface area (Å²) in [6.45, 7) is 16.0. The lowest BCUT2D eigenvalue weighted by atomic mass is 9.77. The van der Waals surface area contributed by atoms with Crippen molar-refractivity contribution in [2.45, 2.75) is 84.6 Å². The summed E-state index contributed by atoms with van der Waals surface area (Å²) in [4.78, 5) is 0. The van der Waals surface area contributed by atoms with Crippen molar-refractivity contribution in [1.82, 2.24) is 9.78 Å². The summed E-state index contributed by atoms with van der Waals surface area (Å²) >= 11 is 0. The summed E-state index contributed by atoms with van der Waals surface area (Å²) in [5, 5.41) is 4.88. The third-order valence-corrected chi connectivity index (χ3v) is 3.97. The highest BCUT2D eigenvalue weighted by Crippen LogP contribution is 2.41. The van der Waals surface area contributed by atoms with Gasteiger partial charge in [0.15, 0.2) is 0 Å². The average molecular weight is 248 g/mol. The van der Waals surface area contributed by atoms with Crippen LogP contribution in [0.4, 0.5) is 0 Å². The van der Waals surface area contributed by atoms with E-state index in [9.17, 15) is 0 Å². The lowest BCUT2D eigenvalue weighted by Gasteiger charge is -2.33. The summed E-state index contributed by atoms with van der Waals surface area (Å²) in [6, 6.07) is 0.647. The molecular weight excluding hydrogens is 220 g/mol. The fourth-order valence-corrected chi connectivity index (χ4v) is 3.06. The molecule has 2 heteroatoms. The highest BCUT2D eigenvalue weighted by molar-refractivity contribution is 5.37. The standard InChI is InChI=1S/C16H28N2/c1-11-13(15(2,3)4)14(16(5,6)7)18(17-11)12-9-8-10-12/h12H,8-10H2,1-7H3. The second kappa shape index (κ2) is 4.11. The molecule has 0 aromatic carbocycles. The Morgan fingerprint density at radius 2 is 1.56 bits per heavy atom. The van der Waals surface area contributed by atoms with Gasteiger partial charge in [-0.3, -0.25) is 4.68 Å². The first-order valence-corrected chi connectivity index (χ1v) is 7.22. The van der Waals surface area contributed by atoms with Crippen LogP contribution in [0.25, 0.3) is 0 Å². The Balaban J connectivity index is 2.62. The molecule has 2 rings (SSSR count). The first-order valence-electron chi connectivity index (χ1n) is 7.22. The largest absolute Gasteiger partial charge is 0.265 e. The van der Waals surface area contributed by atoms with E-state index in [0.29, 0.717) is 6.04 Å². The second-order valence-electron chi connectivity index (χ2n) is 7.84. The minimum Gasteiger partial charge on any atom is -0.265 e. The predicted molar refractivity (Wildman–Crippen MR) is 77.3 cm³/mol. The van der Waals surface area contributed by atoms with Crippen LogP contribution in [0.15, 0.2) is 0 Å². The number of aryl methyl sites for hydroxylation is 1. The molecule has 2 nitrogen and oxygen atoms in total. The van der Waals surface area contributed by atoms with Crippen molar-refractivity contribution in [2.24, 2.45) is 0 Å². The van der Waals surface area contributed by atoms with Gasteiger partial charge >= 0.3 is 0 Å². The highest BCUT2D eigenvalue weighted by Gasteiger charge is 2.35. The molecule has 0 unspecified atom stereocenters. The Hall–Kier alpha value is -0.790. The van der Waals surface area contributed by atoms with Crippen LogP contribution in [0.5, 0.6) is 0 Å². The molecule has 1 fully saturated rings. The van der Waals surface area contributed by atoms with Crippen LogP contribution in [-0.4, -0.2) is 9.78 Å². The maximum absolute atomic E-state index is 4.88. The summed E-state index contributed by atoms with van der Waals surface area (Å²) in [5.74, 6) is 0. The predicted octanol–water partition coefficient (Wildman–Crippen LogP) is 4.51. The van der Waals surface area contributed by atoms with E-state index in [1.54, 1.807) is 0 Å². The molecule has 1 aromatic rings. The van der Waals surface area contributed by atoms with Crippen molar-refractivity contribution in [3.05, 3.63) is 17.0 Å². The number of nitrogens with zero attached hydrogens (tertiary/aromatic N) is 2.